The molecule has 0 aromatic rings. The predicted octanol–water partition coefficient (Wildman–Crippen LogP) is -0.400. The smallest absolute Gasteiger partial charge is 0.308 e. The molecule has 2 saturated heterocycles. The number of aliphatic carboxylic acids is 1. The van der Waals surface area contributed by atoms with E-state index in [0.717, 1.165) is 0 Å². The molecule has 2 rings (SSSR count). The molecule has 0 radical (unpaired) electrons. The number of nitrogens with zero attached hydrogens (tertiary/aromatic N) is 1. The quantitative estimate of drug-likeness (QED) is 0.740. The molecule has 2 aliphatic heterocycles. The molecule has 0 bridgehead atoms. The Morgan fingerprint density at radius 1 is 1.28 bits per heavy atom. The van der Waals surface area contributed by atoms with Crippen molar-refractivity contribution >= 4 is 21.7 Å². The maximum absolute atomic E-state index is 12.1. The van der Waals surface area contributed by atoms with Gasteiger partial charge in [-0.15, -0.1) is 0 Å². The molecule has 2 heterocycles. The van der Waals surface area contributed by atoms with Crippen LogP contribution in [0.15, 0.2) is 0 Å². The first kappa shape index (κ1) is 13.3. The Morgan fingerprint density at radius 3 is 2.39 bits per heavy atom. The molecule has 0 aliphatic carbocycles. The van der Waals surface area contributed by atoms with E-state index in [1.165, 1.54) is 4.90 Å². The second-order valence-electron chi connectivity index (χ2n) is 5.27. The lowest BCUT2D eigenvalue weighted by atomic mass is 9.99. The minimum Gasteiger partial charge on any atom is -0.481 e. The zero-order valence-electron chi connectivity index (χ0n) is 10.2. The lowest BCUT2D eigenvalue weighted by Gasteiger charge is -2.19. The minimum absolute atomic E-state index is 0.0646. The molecule has 1 amide bonds. The van der Waals surface area contributed by atoms with Gasteiger partial charge in [0.1, 0.15) is 0 Å². The van der Waals surface area contributed by atoms with Gasteiger partial charge in [-0.3, -0.25) is 9.59 Å². The van der Waals surface area contributed by atoms with Gasteiger partial charge in [-0.2, -0.15) is 0 Å². The van der Waals surface area contributed by atoms with E-state index in [1.54, 1.807) is 6.92 Å². The maximum atomic E-state index is 12.1. The Balaban J connectivity index is 2.02. The van der Waals surface area contributed by atoms with E-state index in [2.05, 4.69) is 0 Å². The summed E-state index contributed by atoms with van der Waals surface area (Å²) in [6, 6.07) is 0. The number of hydrogen-bond acceptors (Lipinski definition) is 4. The number of carbonyl (C=O) groups is 2. The molecule has 18 heavy (non-hydrogen) atoms. The topological polar surface area (TPSA) is 91.8 Å². The summed E-state index contributed by atoms with van der Waals surface area (Å²) in [7, 11) is -3.08. The SMILES string of the molecule is CC1CN(C(=O)C2CCS(=O)(=O)C2)CC1C(=O)O. The van der Waals surface area contributed by atoms with Gasteiger partial charge in [0, 0.05) is 13.1 Å². The molecular weight excluding hydrogens is 258 g/mol. The molecule has 2 aliphatic rings. The molecule has 7 heteroatoms. The molecule has 0 aromatic heterocycles. The van der Waals surface area contributed by atoms with Crippen LogP contribution in [0.3, 0.4) is 0 Å². The molecule has 0 aromatic carbocycles. The Bertz CT molecular complexity index is 472. The Kier molecular flexibility index (Phi) is 3.35. The predicted molar refractivity (Wildman–Crippen MR) is 63.6 cm³/mol. The molecular formula is C11H17NO5S. The normalized spacial score (nSPS) is 34.7. The van der Waals surface area contributed by atoms with Crippen LogP contribution in [0.1, 0.15) is 13.3 Å². The monoisotopic (exact) mass is 275 g/mol. The van der Waals surface area contributed by atoms with Gasteiger partial charge in [-0.1, -0.05) is 6.92 Å². The Labute approximate surface area is 106 Å². The van der Waals surface area contributed by atoms with Crippen LogP contribution < -0.4 is 0 Å². The average Bonchev–Trinajstić information content (AvgIpc) is 2.80. The zero-order valence-corrected chi connectivity index (χ0v) is 11.0. The number of amides is 1. The van der Waals surface area contributed by atoms with Gasteiger partial charge in [0.2, 0.25) is 5.91 Å². The largest absolute Gasteiger partial charge is 0.481 e. The molecule has 102 valence electrons. The van der Waals surface area contributed by atoms with E-state index in [0.29, 0.717) is 13.0 Å². The summed E-state index contributed by atoms with van der Waals surface area (Å²) in [4.78, 5) is 24.6. The number of carboxylic acid groups (broad SMARTS) is 1. The zero-order chi connectivity index (χ0) is 13.5. The second-order valence-corrected chi connectivity index (χ2v) is 7.49. The maximum Gasteiger partial charge on any atom is 0.308 e. The van der Waals surface area contributed by atoms with E-state index in [9.17, 15) is 18.0 Å². The van der Waals surface area contributed by atoms with Gasteiger partial charge in [-0.05, 0) is 12.3 Å². The fourth-order valence-electron chi connectivity index (χ4n) is 2.72. The summed E-state index contributed by atoms with van der Waals surface area (Å²) in [5, 5.41) is 9.00. The molecule has 3 atom stereocenters. The summed E-state index contributed by atoms with van der Waals surface area (Å²) < 4.78 is 22.7. The highest BCUT2D eigenvalue weighted by Crippen LogP contribution is 2.27. The first-order valence-corrected chi connectivity index (χ1v) is 7.84. The number of likely N-dealkylation sites (tertiary alicyclic amines) is 1. The molecule has 0 saturated carbocycles. The summed E-state index contributed by atoms with van der Waals surface area (Å²) in [6.07, 6.45) is 0.365. The van der Waals surface area contributed by atoms with Crippen molar-refractivity contribution in [2.45, 2.75) is 13.3 Å². The second kappa shape index (κ2) is 4.53. The van der Waals surface area contributed by atoms with Crippen LogP contribution in [0.5, 0.6) is 0 Å². The van der Waals surface area contributed by atoms with Crippen molar-refractivity contribution in [1.29, 1.82) is 0 Å². The van der Waals surface area contributed by atoms with Crippen LogP contribution in [-0.4, -0.2) is 54.9 Å². The number of rotatable bonds is 2. The summed E-state index contributed by atoms with van der Waals surface area (Å²) in [5.74, 6) is -2.21. The van der Waals surface area contributed by atoms with Crippen molar-refractivity contribution in [3.8, 4) is 0 Å². The van der Waals surface area contributed by atoms with E-state index in [-0.39, 0.29) is 29.9 Å². The van der Waals surface area contributed by atoms with Crippen molar-refractivity contribution in [2.75, 3.05) is 24.6 Å². The van der Waals surface area contributed by atoms with Gasteiger partial charge >= 0.3 is 5.97 Å². The van der Waals surface area contributed by atoms with Crippen LogP contribution >= 0.6 is 0 Å². The highest BCUT2D eigenvalue weighted by Gasteiger charge is 2.41. The van der Waals surface area contributed by atoms with Crippen molar-refractivity contribution in [3.63, 3.8) is 0 Å². The first-order chi connectivity index (χ1) is 8.30. The molecule has 0 spiro atoms. The third-order valence-corrected chi connectivity index (χ3v) is 5.59. The molecule has 3 unspecified atom stereocenters. The van der Waals surface area contributed by atoms with Gasteiger partial charge in [0.25, 0.3) is 0 Å². The van der Waals surface area contributed by atoms with Gasteiger partial charge in [0.05, 0.1) is 23.3 Å². The summed E-state index contributed by atoms with van der Waals surface area (Å²) in [6.45, 7) is 2.41. The van der Waals surface area contributed by atoms with Crippen molar-refractivity contribution in [1.82, 2.24) is 4.90 Å². The minimum atomic E-state index is -3.08. The van der Waals surface area contributed by atoms with E-state index >= 15 is 0 Å². The average molecular weight is 275 g/mol. The number of sulfone groups is 1. The fraction of sp³-hybridized carbons (Fsp3) is 0.818. The van der Waals surface area contributed by atoms with Crippen LogP contribution in [0.2, 0.25) is 0 Å². The van der Waals surface area contributed by atoms with Gasteiger partial charge in [0.15, 0.2) is 9.84 Å². The molecule has 1 N–H and O–H groups in total. The van der Waals surface area contributed by atoms with Gasteiger partial charge < -0.3 is 10.0 Å². The van der Waals surface area contributed by atoms with Crippen molar-refractivity contribution in [3.05, 3.63) is 0 Å². The third kappa shape index (κ3) is 2.50. The first-order valence-electron chi connectivity index (χ1n) is 6.02. The highest BCUT2D eigenvalue weighted by molar-refractivity contribution is 7.91. The van der Waals surface area contributed by atoms with Crippen LogP contribution in [0.25, 0.3) is 0 Å². The number of carbonyl (C=O) groups excluding carboxylic acids is 1. The van der Waals surface area contributed by atoms with Crippen LogP contribution in [0, 0.1) is 17.8 Å². The number of carboxylic acids is 1. The Morgan fingerprint density at radius 2 is 1.94 bits per heavy atom. The molecule has 6 nitrogen and oxygen atoms in total. The van der Waals surface area contributed by atoms with Crippen molar-refractivity contribution < 1.29 is 23.1 Å². The lowest BCUT2D eigenvalue weighted by Crippen LogP contribution is -2.35. The van der Waals surface area contributed by atoms with E-state index in [4.69, 9.17) is 5.11 Å². The van der Waals surface area contributed by atoms with E-state index in [1.807, 2.05) is 0 Å². The number of hydrogen-bond donors (Lipinski definition) is 1. The standard InChI is InChI=1S/C11H17NO5S/c1-7-4-12(5-9(7)11(14)15)10(13)8-2-3-18(16,17)6-8/h7-9H,2-6H2,1H3,(H,14,15). The Hall–Kier alpha value is -1.11. The summed E-state index contributed by atoms with van der Waals surface area (Å²) in [5.41, 5.74) is 0. The van der Waals surface area contributed by atoms with Crippen LogP contribution in [0.4, 0.5) is 0 Å². The third-order valence-electron chi connectivity index (χ3n) is 3.82. The van der Waals surface area contributed by atoms with Crippen LogP contribution in [-0.2, 0) is 19.4 Å². The van der Waals surface area contributed by atoms with E-state index < -0.39 is 27.6 Å². The van der Waals surface area contributed by atoms with Gasteiger partial charge in [-0.25, -0.2) is 8.42 Å². The fourth-order valence-corrected chi connectivity index (χ4v) is 4.45. The lowest BCUT2D eigenvalue weighted by molar-refractivity contribution is -0.142. The molecule has 2 fully saturated rings. The van der Waals surface area contributed by atoms with Crippen molar-refractivity contribution in [2.24, 2.45) is 17.8 Å². The highest BCUT2D eigenvalue weighted by atomic mass is 32.2. The summed E-state index contributed by atoms with van der Waals surface area (Å²) >= 11 is 0.